The van der Waals surface area contributed by atoms with E-state index < -0.39 is 21.6 Å². The quantitative estimate of drug-likeness (QED) is 0.767. The van der Waals surface area contributed by atoms with Crippen LogP contribution >= 0.6 is 11.3 Å². The number of carbonyl (C=O) groups excluding carboxylic acids is 1. The summed E-state index contributed by atoms with van der Waals surface area (Å²) in [5, 5.41) is 12.7. The number of benzene rings is 1. The number of sulfone groups is 1. The molecule has 8 heteroatoms. The second kappa shape index (κ2) is 7.79. The van der Waals surface area contributed by atoms with Crippen LogP contribution in [0.5, 0.6) is 0 Å². The van der Waals surface area contributed by atoms with Crippen LogP contribution < -0.4 is 5.32 Å². The Balaban J connectivity index is 1.68. The minimum Gasteiger partial charge on any atom is -0.317 e. The van der Waals surface area contributed by atoms with Crippen LogP contribution in [0.4, 0.5) is 9.39 Å². The predicted octanol–water partition coefficient (Wildman–Crippen LogP) is 3.69. The molecule has 0 bridgehead atoms. The number of hydrogen-bond acceptors (Lipinski definition) is 5. The van der Waals surface area contributed by atoms with Crippen LogP contribution in [0, 0.1) is 23.1 Å². The van der Waals surface area contributed by atoms with E-state index in [2.05, 4.69) is 18.3 Å². The van der Waals surface area contributed by atoms with Crippen LogP contribution in [0.25, 0.3) is 0 Å². The van der Waals surface area contributed by atoms with Crippen LogP contribution in [0.1, 0.15) is 35.8 Å². The molecule has 0 aliphatic heterocycles. The Bertz CT molecular complexity index is 1000. The number of nitriles is 1. The first-order valence-corrected chi connectivity index (χ1v) is 11.1. The third-order valence-corrected chi connectivity index (χ3v) is 7.55. The van der Waals surface area contributed by atoms with Gasteiger partial charge in [0.05, 0.1) is 16.2 Å². The van der Waals surface area contributed by atoms with Gasteiger partial charge in [0.2, 0.25) is 5.91 Å². The maximum atomic E-state index is 12.9. The molecular weight excluding hydrogens is 387 g/mol. The fraction of sp³-hybridized carbons (Fsp3) is 0.368. The van der Waals surface area contributed by atoms with Crippen LogP contribution in [-0.2, 0) is 27.5 Å². The lowest BCUT2D eigenvalue weighted by Gasteiger charge is -2.17. The zero-order chi connectivity index (χ0) is 19.6. The van der Waals surface area contributed by atoms with Gasteiger partial charge in [-0.25, -0.2) is 12.8 Å². The molecule has 1 atom stereocenters. The SMILES string of the molecule is CC1CCc2c(sc(NC(=O)CCS(=O)(=O)c3ccc(F)cc3)c2C#N)C1. The van der Waals surface area contributed by atoms with Crippen molar-refractivity contribution in [2.75, 3.05) is 11.1 Å². The van der Waals surface area contributed by atoms with Gasteiger partial charge in [-0.1, -0.05) is 6.92 Å². The summed E-state index contributed by atoms with van der Waals surface area (Å²) in [6.45, 7) is 2.16. The number of amides is 1. The molecule has 1 aliphatic rings. The first kappa shape index (κ1) is 19.5. The van der Waals surface area contributed by atoms with Crippen molar-refractivity contribution in [3.05, 3.63) is 46.1 Å². The highest BCUT2D eigenvalue weighted by Crippen LogP contribution is 2.39. The highest BCUT2D eigenvalue weighted by molar-refractivity contribution is 7.91. The number of fused-ring (bicyclic) bond motifs is 1. The molecule has 0 spiro atoms. The lowest BCUT2D eigenvalue weighted by Crippen LogP contribution is -2.17. The van der Waals surface area contributed by atoms with E-state index in [1.165, 1.54) is 23.5 Å². The normalized spacial score (nSPS) is 16.4. The molecule has 1 amide bonds. The Hall–Kier alpha value is -2.24. The van der Waals surface area contributed by atoms with E-state index in [-0.39, 0.29) is 17.1 Å². The average molecular weight is 407 g/mol. The number of carbonyl (C=O) groups is 1. The standard InChI is InChI=1S/C19H19FN2O3S2/c1-12-2-7-15-16(11-21)19(26-17(15)10-12)22-18(23)8-9-27(24,25)14-5-3-13(20)4-6-14/h3-6,12H,2,7-10H2,1H3,(H,22,23). The Morgan fingerprint density at radius 3 is 2.74 bits per heavy atom. The molecule has 1 aromatic heterocycles. The molecule has 3 rings (SSSR count). The van der Waals surface area contributed by atoms with Gasteiger partial charge in [0, 0.05) is 11.3 Å². The van der Waals surface area contributed by atoms with E-state index in [0.717, 1.165) is 41.8 Å². The molecule has 0 radical (unpaired) electrons. The second-order valence-corrected chi connectivity index (χ2v) is 9.95. The summed E-state index contributed by atoms with van der Waals surface area (Å²) >= 11 is 1.40. The molecule has 5 nitrogen and oxygen atoms in total. The summed E-state index contributed by atoms with van der Waals surface area (Å²) < 4.78 is 37.5. The van der Waals surface area contributed by atoms with Crippen LogP contribution in [0.2, 0.25) is 0 Å². The van der Waals surface area contributed by atoms with Crippen molar-refractivity contribution < 1.29 is 17.6 Å². The van der Waals surface area contributed by atoms with Gasteiger partial charge in [0.25, 0.3) is 0 Å². The second-order valence-electron chi connectivity index (χ2n) is 6.74. The number of halogens is 1. The first-order valence-electron chi connectivity index (χ1n) is 8.63. The van der Waals surface area contributed by atoms with E-state index in [4.69, 9.17) is 0 Å². The molecular formula is C19H19FN2O3S2. The first-order chi connectivity index (χ1) is 12.8. The molecule has 1 unspecified atom stereocenters. The molecule has 1 heterocycles. The highest BCUT2D eigenvalue weighted by Gasteiger charge is 2.25. The van der Waals surface area contributed by atoms with Gasteiger partial charge in [0.15, 0.2) is 9.84 Å². The van der Waals surface area contributed by atoms with E-state index in [9.17, 15) is 22.9 Å². The molecule has 27 heavy (non-hydrogen) atoms. The summed E-state index contributed by atoms with van der Waals surface area (Å²) in [6, 6.07) is 6.69. The minimum atomic E-state index is -3.68. The summed E-state index contributed by atoms with van der Waals surface area (Å²) in [4.78, 5) is 13.4. The Morgan fingerprint density at radius 2 is 2.07 bits per heavy atom. The molecule has 2 aromatic rings. The maximum absolute atomic E-state index is 12.9. The Morgan fingerprint density at radius 1 is 1.37 bits per heavy atom. The number of anilines is 1. The summed E-state index contributed by atoms with van der Waals surface area (Å²) in [5.41, 5.74) is 1.51. The molecule has 0 saturated carbocycles. The number of hydrogen-bond donors (Lipinski definition) is 1. The number of nitrogens with zero attached hydrogens (tertiary/aromatic N) is 1. The Kier molecular flexibility index (Phi) is 5.63. The predicted molar refractivity (Wildman–Crippen MR) is 102 cm³/mol. The summed E-state index contributed by atoms with van der Waals surface area (Å²) in [7, 11) is -3.68. The van der Waals surface area contributed by atoms with Crippen molar-refractivity contribution >= 4 is 32.1 Å². The smallest absolute Gasteiger partial charge is 0.226 e. The lowest BCUT2D eigenvalue weighted by molar-refractivity contribution is -0.115. The number of thiophene rings is 1. The van der Waals surface area contributed by atoms with E-state index in [1.54, 1.807) is 0 Å². The van der Waals surface area contributed by atoms with Gasteiger partial charge >= 0.3 is 0 Å². The van der Waals surface area contributed by atoms with Crippen LogP contribution in [-0.4, -0.2) is 20.1 Å². The van der Waals surface area contributed by atoms with Gasteiger partial charge in [-0.2, -0.15) is 5.26 Å². The zero-order valence-corrected chi connectivity index (χ0v) is 16.4. The molecule has 0 saturated heterocycles. The van der Waals surface area contributed by atoms with Gasteiger partial charge in [-0.15, -0.1) is 11.3 Å². The summed E-state index contributed by atoms with van der Waals surface area (Å²) in [6.07, 6.45) is 2.50. The van der Waals surface area contributed by atoms with Crippen molar-refractivity contribution in [3.8, 4) is 6.07 Å². The van der Waals surface area contributed by atoms with Crippen molar-refractivity contribution in [3.63, 3.8) is 0 Å². The molecule has 142 valence electrons. The third-order valence-electron chi connectivity index (χ3n) is 4.65. The van der Waals surface area contributed by atoms with Crippen molar-refractivity contribution in [2.24, 2.45) is 5.92 Å². The molecule has 0 fully saturated rings. The third kappa shape index (κ3) is 4.37. The average Bonchev–Trinajstić information content (AvgIpc) is 2.96. The molecule has 1 aromatic carbocycles. The van der Waals surface area contributed by atoms with Gasteiger partial charge < -0.3 is 5.32 Å². The largest absolute Gasteiger partial charge is 0.317 e. The highest BCUT2D eigenvalue weighted by atomic mass is 32.2. The minimum absolute atomic E-state index is 0.0185. The number of rotatable bonds is 5. The summed E-state index contributed by atoms with van der Waals surface area (Å²) in [5.74, 6) is -0.809. The van der Waals surface area contributed by atoms with Crippen molar-refractivity contribution in [2.45, 2.75) is 37.5 Å². The monoisotopic (exact) mass is 406 g/mol. The molecule has 1 N–H and O–H groups in total. The fourth-order valence-corrected chi connectivity index (χ4v) is 5.75. The zero-order valence-electron chi connectivity index (χ0n) is 14.8. The van der Waals surface area contributed by atoms with Crippen LogP contribution in [0.15, 0.2) is 29.2 Å². The lowest BCUT2D eigenvalue weighted by atomic mass is 9.89. The van der Waals surface area contributed by atoms with E-state index in [0.29, 0.717) is 16.5 Å². The van der Waals surface area contributed by atoms with Crippen molar-refractivity contribution in [1.82, 2.24) is 0 Å². The van der Waals surface area contributed by atoms with Crippen molar-refractivity contribution in [1.29, 1.82) is 5.26 Å². The van der Waals surface area contributed by atoms with Gasteiger partial charge in [-0.05, 0) is 55.0 Å². The fourth-order valence-electron chi connectivity index (χ4n) is 3.13. The Labute approximate surface area is 161 Å². The van der Waals surface area contributed by atoms with Gasteiger partial charge in [0.1, 0.15) is 16.9 Å². The van der Waals surface area contributed by atoms with E-state index >= 15 is 0 Å². The van der Waals surface area contributed by atoms with Gasteiger partial charge in [-0.3, -0.25) is 4.79 Å². The van der Waals surface area contributed by atoms with E-state index in [1.807, 2.05) is 0 Å². The maximum Gasteiger partial charge on any atom is 0.226 e. The number of nitrogens with one attached hydrogen (secondary N) is 1. The van der Waals surface area contributed by atoms with Crippen LogP contribution in [0.3, 0.4) is 0 Å². The molecule has 1 aliphatic carbocycles. The topological polar surface area (TPSA) is 87.0 Å².